The van der Waals surface area contributed by atoms with Crippen LogP contribution in [0.1, 0.15) is 19.3 Å². The van der Waals surface area contributed by atoms with Crippen LogP contribution in [0.3, 0.4) is 0 Å². The molecule has 0 spiro atoms. The minimum Gasteiger partial charge on any atom is -0.395 e. The Balaban J connectivity index is 2.35. The Bertz CT molecular complexity index is 521. The topological polar surface area (TPSA) is 70.5 Å². The second-order valence-corrected chi connectivity index (χ2v) is 6.18. The SMILES string of the molecule is O=S(=O)(c1cncc(F)c1)N1CCCCC1CO. The minimum atomic E-state index is -3.77. The number of aliphatic hydroxyl groups is 1. The van der Waals surface area contributed by atoms with E-state index < -0.39 is 21.9 Å². The zero-order valence-corrected chi connectivity index (χ0v) is 10.6. The molecular weight excluding hydrogens is 259 g/mol. The van der Waals surface area contributed by atoms with Crippen LogP contribution in [0.2, 0.25) is 0 Å². The van der Waals surface area contributed by atoms with Gasteiger partial charge in [-0.2, -0.15) is 4.31 Å². The van der Waals surface area contributed by atoms with Crippen LogP contribution in [0.4, 0.5) is 4.39 Å². The van der Waals surface area contributed by atoms with E-state index in [4.69, 9.17) is 0 Å². The lowest BCUT2D eigenvalue weighted by atomic mass is 10.1. The molecule has 1 unspecified atom stereocenters. The maximum absolute atomic E-state index is 13.0. The molecule has 1 atom stereocenters. The van der Waals surface area contributed by atoms with Crippen molar-refractivity contribution in [1.29, 1.82) is 0 Å². The van der Waals surface area contributed by atoms with Gasteiger partial charge in [0.2, 0.25) is 10.0 Å². The smallest absolute Gasteiger partial charge is 0.245 e. The lowest BCUT2D eigenvalue weighted by Crippen LogP contribution is -2.45. The van der Waals surface area contributed by atoms with E-state index in [1.165, 1.54) is 4.31 Å². The Hall–Kier alpha value is -1.05. The standard InChI is InChI=1S/C11H15FN2O3S/c12-9-5-11(7-13-6-9)18(16,17)14-4-2-1-3-10(14)8-15/h5-7,10,15H,1-4,8H2. The largest absolute Gasteiger partial charge is 0.395 e. The van der Waals surface area contributed by atoms with Crippen molar-refractivity contribution in [1.82, 2.24) is 9.29 Å². The molecule has 1 aliphatic rings. The van der Waals surface area contributed by atoms with Crippen molar-refractivity contribution < 1.29 is 17.9 Å². The summed E-state index contributed by atoms with van der Waals surface area (Å²) in [7, 11) is -3.77. The molecule has 1 aromatic heterocycles. The number of piperidine rings is 1. The van der Waals surface area contributed by atoms with Gasteiger partial charge in [-0.25, -0.2) is 12.8 Å². The van der Waals surface area contributed by atoms with Gasteiger partial charge in [0.05, 0.1) is 12.8 Å². The molecular formula is C11H15FN2O3S. The molecule has 2 heterocycles. The highest BCUT2D eigenvalue weighted by atomic mass is 32.2. The van der Waals surface area contributed by atoms with Crippen molar-refractivity contribution >= 4 is 10.0 Å². The number of hydrogen-bond acceptors (Lipinski definition) is 4. The summed E-state index contributed by atoms with van der Waals surface area (Å²) < 4.78 is 38.9. The van der Waals surface area contributed by atoms with E-state index in [9.17, 15) is 17.9 Å². The van der Waals surface area contributed by atoms with E-state index in [0.29, 0.717) is 13.0 Å². The first-order valence-electron chi connectivity index (χ1n) is 5.79. The minimum absolute atomic E-state index is 0.164. The molecule has 0 bridgehead atoms. The number of hydrogen-bond donors (Lipinski definition) is 1. The van der Waals surface area contributed by atoms with E-state index in [1.54, 1.807) is 0 Å². The highest BCUT2D eigenvalue weighted by Gasteiger charge is 2.33. The summed E-state index contributed by atoms with van der Waals surface area (Å²) in [6.07, 6.45) is 4.34. The molecule has 1 N–H and O–H groups in total. The fourth-order valence-electron chi connectivity index (χ4n) is 2.14. The van der Waals surface area contributed by atoms with Crippen molar-refractivity contribution in [3.8, 4) is 0 Å². The van der Waals surface area contributed by atoms with E-state index in [0.717, 1.165) is 31.3 Å². The summed E-state index contributed by atoms with van der Waals surface area (Å²) >= 11 is 0. The summed E-state index contributed by atoms with van der Waals surface area (Å²) in [6, 6.07) is 0.526. The molecule has 100 valence electrons. The molecule has 1 fully saturated rings. The lowest BCUT2D eigenvalue weighted by Gasteiger charge is -2.33. The maximum Gasteiger partial charge on any atom is 0.245 e. The third kappa shape index (κ3) is 2.52. The number of nitrogens with zero attached hydrogens (tertiary/aromatic N) is 2. The number of pyridine rings is 1. The molecule has 0 amide bonds. The molecule has 0 saturated carbocycles. The van der Waals surface area contributed by atoms with Gasteiger partial charge in [-0.3, -0.25) is 4.98 Å². The predicted octanol–water partition coefficient (Wildman–Crippen LogP) is 0.756. The molecule has 0 radical (unpaired) electrons. The Kier molecular flexibility index (Phi) is 3.94. The van der Waals surface area contributed by atoms with Crippen LogP contribution in [0.15, 0.2) is 23.4 Å². The Morgan fingerprint density at radius 3 is 2.89 bits per heavy atom. The number of aromatic nitrogens is 1. The lowest BCUT2D eigenvalue weighted by molar-refractivity contribution is 0.155. The first kappa shape index (κ1) is 13.4. The van der Waals surface area contributed by atoms with Crippen molar-refractivity contribution in [2.75, 3.05) is 13.2 Å². The van der Waals surface area contributed by atoms with E-state index in [1.807, 2.05) is 0 Å². The molecule has 0 aliphatic carbocycles. The fraction of sp³-hybridized carbons (Fsp3) is 0.545. The van der Waals surface area contributed by atoms with Gasteiger partial charge in [0.15, 0.2) is 0 Å². The summed E-state index contributed by atoms with van der Waals surface area (Å²) in [5.74, 6) is -0.686. The second kappa shape index (κ2) is 5.29. The van der Waals surface area contributed by atoms with Crippen LogP contribution in [-0.2, 0) is 10.0 Å². The predicted molar refractivity (Wildman–Crippen MR) is 62.8 cm³/mol. The van der Waals surface area contributed by atoms with Gasteiger partial charge in [-0.15, -0.1) is 0 Å². The average molecular weight is 274 g/mol. The Labute approximate surface area is 105 Å². The van der Waals surface area contributed by atoms with Gasteiger partial charge in [0.1, 0.15) is 10.7 Å². The molecule has 1 aromatic rings. The van der Waals surface area contributed by atoms with Gasteiger partial charge >= 0.3 is 0 Å². The average Bonchev–Trinajstić information content (AvgIpc) is 2.38. The molecule has 1 saturated heterocycles. The van der Waals surface area contributed by atoms with Crippen LogP contribution >= 0.6 is 0 Å². The van der Waals surface area contributed by atoms with Gasteiger partial charge in [0.25, 0.3) is 0 Å². The summed E-state index contributed by atoms with van der Waals surface area (Å²) in [5.41, 5.74) is 0. The zero-order chi connectivity index (χ0) is 13.2. The van der Waals surface area contributed by atoms with Crippen molar-refractivity contribution in [3.05, 3.63) is 24.3 Å². The molecule has 18 heavy (non-hydrogen) atoms. The molecule has 0 aromatic carbocycles. The first-order chi connectivity index (χ1) is 8.55. The van der Waals surface area contributed by atoms with Gasteiger partial charge in [-0.1, -0.05) is 6.42 Å². The third-order valence-electron chi connectivity index (χ3n) is 3.07. The number of halogens is 1. The number of rotatable bonds is 3. The van der Waals surface area contributed by atoms with Gasteiger partial charge < -0.3 is 5.11 Å². The number of aliphatic hydroxyl groups excluding tert-OH is 1. The Morgan fingerprint density at radius 2 is 2.22 bits per heavy atom. The van der Waals surface area contributed by atoms with Crippen LogP contribution < -0.4 is 0 Å². The molecule has 2 rings (SSSR count). The third-order valence-corrected chi connectivity index (χ3v) is 4.99. The van der Waals surface area contributed by atoms with Crippen LogP contribution in [0.25, 0.3) is 0 Å². The summed E-state index contributed by atoms with van der Waals surface area (Å²) in [6.45, 7) is 0.131. The highest BCUT2D eigenvalue weighted by molar-refractivity contribution is 7.89. The first-order valence-corrected chi connectivity index (χ1v) is 7.23. The Morgan fingerprint density at radius 1 is 1.44 bits per heavy atom. The van der Waals surface area contributed by atoms with Crippen molar-refractivity contribution in [3.63, 3.8) is 0 Å². The highest BCUT2D eigenvalue weighted by Crippen LogP contribution is 2.24. The van der Waals surface area contributed by atoms with E-state index in [2.05, 4.69) is 4.98 Å². The second-order valence-electron chi connectivity index (χ2n) is 4.29. The van der Waals surface area contributed by atoms with Crippen LogP contribution in [0.5, 0.6) is 0 Å². The van der Waals surface area contributed by atoms with Crippen LogP contribution in [-0.4, -0.2) is 42.0 Å². The van der Waals surface area contributed by atoms with Crippen molar-refractivity contribution in [2.24, 2.45) is 0 Å². The fourth-order valence-corrected chi connectivity index (χ4v) is 3.80. The summed E-state index contributed by atoms with van der Waals surface area (Å²) in [4.78, 5) is 3.39. The van der Waals surface area contributed by atoms with E-state index >= 15 is 0 Å². The van der Waals surface area contributed by atoms with Crippen molar-refractivity contribution in [2.45, 2.75) is 30.2 Å². The van der Waals surface area contributed by atoms with E-state index in [-0.39, 0.29) is 11.5 Å². The summed E-state index contributed by atoms with van der Waals surface area (Å²) in [5, 5.41) is 9.23. The zero-order valence-electron chi connectivity index (χ0n) is 9.79. The monoisotopic (exact) mass is 274 g/mol. The molecule has 1 aliphatic heterocycles. The van der Waals surface area contributed by atoms with Gasteiger partial charge in [-0.05, 0) is 18.9 Å². The maximum atomic E-state index is 13.0. The normalized spacial score (nSPS) is 22.0. The molecule has 5 nitrogen and oxygen atoms in total. The van der Waals surface area contributed by atoms with Crippen LogP contribution in [0, 0.1) is 5.82 Å². The quantitative estimate of drug-likeness (QED) is 0.883. The van der Waals surface area contributed by atoms with Gasteiger partial charge in [0, 0.05) is 18.8 Å². The number of sulfonamides is 1. The molecule has 7 heteroatoms.